The Kier molecular flexibility index (Phi) is 6.05. The highest BCUT2D eigenvalue weighted by atomic mass is 15.1. The summed E-state index contributed by atoms with van der Waals surface area (Å²) in [6, 6.07) is 11.4. The van der Waals surface area contributed by atoms with Crippen LogP contribution in [0.3, 0.4) is 0 Å². The molecule has 1 aliphatic rings. The molecule has 0 amide bonds. The second kappa shape index (κ2) is 8.45. The van der Waals surface area contributed by atoms with E-state index in [1.165, 1.54) is 37.2 Å². The maximum Gasteiger partial charge on any atom is 0.0948 e. The number of imidazole rings is 1. The van der Waals surface area contributed by atoms with Gasteiger partial charge in [-0.05, 0) is 37.4 Å². The summed E-state index contributed by atoms with van der Waals surface area (Å²) in [5.41, 5.74) is 2.72. The molecular formula is C20H30N4. The molecule has 0 bridgehead atoms. The van der Waals surface area contributed by atoms with Crippen LogP contribution in [-0.4, -0.2) is 33.6 Å². The summed E-state index contributed by atoms with van der Waals surface area (Å²) in [4.78, 5) is 6.88. The second-order valence-corrected chi connectivity index (χ2v) is 7.35. The lowest BCUT2D eigenvalue weighted by Crippen LogP contribution is -2.42. The Balaban J connectivity index is 1.42. The molecule has 130 valence electrons. The van der Waals surface area contributed by atoms with Gasteiger partial charge in [0.15, 0.2) is 0 Å². The number of nitrogens with one attached hydrogen (secondary N) is 1. The van der Waals surface area contributed by atoms with Crippen molar-refractivity contribution in [3.05, 3.63) is 54.1 Å². The van der Waals surface area contributed by atoms with Crippen molar-refractivity contribution in [1.29, 1.82) is 0 Å². The molecule has 4 heteroatoms. The molecule has 0 aliphatic carbocycles. The molecule has 3 rings (SSSR count). The van der Waals surface area contributed by atoms with Crippen LogP contribution in [0.15, 0.2) is 42.9 Å². The van der Waals surface area contributed by atoms with Gasteiger partial charge in [-0.1, -0.05) is 44.2 Å². The fourth-order valence-corrected chi connectivity index (χ4v) is 3.44. The van der Waals surface area contributed by atoms with Crippen LogP contribution in [0.4, 0.5) is 0 Å². The minimum atomic E-state index is 0.624. The van der Waals surface area contributed by atoms with Gasteiger partial charge >= 0.3 is 0 Å². The smallest absolute Gasteiger partial charge is 0.0948 e. The van der Waals surface area contributed by atoms with Crippen molar-refractivity contribution in [2.45, 2.75) is 52.4 Å². The first kappa shape index (κ1) is 17.2. The van der Waals surface area contributed by atoms with Crippen LogP contribution < -0.4 is 5.32 Å². The van der Waals surface area contributed by atoms with Crippen molar-refractivity contribution in [2.24, 2.45) is 5.92 Å². The highest BCUT2D eigenvalue weighted by Gasteiger charge is 2.19. The topological polar surface area (TPSA) is 33.1 Å². The highest BCUT2D eigenvalue weighted by molar-refractivity contribution is 5.14. The molecule has 4 nitrogen and oxygen atoms in total. The van der Waals surface area contributed by atoms with E-state index in [-0.39, 0.29) is 0 Å². The van der Waals surface area contributed by atoms with Gasteiger partial charge in [-0.3, -0.25) is 4.90 Å². The summed E-state index contributed by atoms with van der Waals surface area (Å²) in [5.74, 6) is 0.652. The maximum absolute atomic E-state index is 4.31. The minimum absolute atomic E-state index is 0.624. The molecule has 0 saturated carbocycles. The summed E-state index contributed by atoms with van der Waals surface area (Å²) in [7, 11) is 0. The van der Waals surface area contributed by atoms with Crippen LogP contribution in [0.2, 0.25) is 0 Å². The molecule has 0 unspecified atom stereocenters. The third-order valence-corrected chi connectivity index (χ3v) is 4.77. The first-order valence-electron chi connectivity index (χ1n) is 9.19. The van der Waals surface area contributed by atoms with Gasteiger partial charge in [0, 0.05) is 31.9 Å². The summed E-state index contributed by atoms with van der Waals surface area (Å²) in [5, 5.41) is 3.73. The second-order valence-electron chi connectivity index (χ2n) is 7.35. The molecule has 1 aliphatic heterocycles. The zero-order valence-electron chi connectivity index (χ0n) is 15.0. The Morgan fingerprint density at radius 2 is 1.92 bits per heavy atom. The fraction of sp³-hybridized carbons (Fsp3) is 0.550. The predicted molar refractivity (Wildman–Crippen MR) is 98.6 cm³/mol. The third kappa shape index (κ3) is 4.92. The van der Waals surface area contributed by atoms with Crippen molar-refractivity contribution in [3.8, 4) is 0 Å². The lowest BCUT2D eigenvalue weighted by atomic mass is 10.0. The zero-order chi connectivity index (χ0) is 16.8. The van der Waals surface area contributed by atoms with E-state index in [1.807, 2.05) is 12.5 Å². The summed E-state index contributed by atoms with van der Waals surface area (Å²) < 4.78 is 2.28. The molecule has 0 atom stereocenters. The molecule has 1 saturated heterocycles. The molecule has 1 N–H and O–H groups in total. The monoisotopic (exact) mass is 326 g/mol. The van der Waals surface area contributed by atoms with E-state index < -0.39 is 0 Å². The van der Waals surface area contributed by atoms with Crippen LogP contribution >= 0.6 is 0 Å². The average Bonchev–Trinajstić information content (AvgIpc) is 3.01. The van der Waals surface area contributed by atoms with Gasteiger partial charge in [-0.25, -0.2) is 4.98 Å². The van der Waals surface area contributed by atoms with Crippen LogP contribution in [0.25, 0.3) is 0 Å². The molecule has 0 spiro atoms. The Labute approximate surface area is 145 Å². The summed E-state index contributed by atoms with van der Waals surface area (Å²) in [6.45, 7) is 9.91. The van der Waals surface area contributed by atoms with Gasteiger partial charge in [0.25, 0.3) is 0 Å². The molecule has 1 fully saturated rings. The quantitative estimate of drug-likeness (QED) is 0.847. The van der Waals surface area contributed by atoms with E-state index in [4.69, 9.17) is 0 Å². The average molecular weight is 326 g/mol. The largest absolute Gasteiger partial charge is 0.333 e. The maximum atomic E-state index is 4.31. The van der Waals surface area contributed by atoms with Crippen molar-refractivity contribution >= 4 is 0 Å². The summed E-state index contributed by atoms with van der Waals surface area (Å²) >= 11 is 0. The van der Waals surface area contributed by atoms with Gasteiger partial charge in [-0.2, -0.15) is 0 Å². The Morgan fingerprint density at radius 1 is 1.17 bits per heavy atom. The van der Waals surface area contributed by atoms with E-state index in [0.717, 1.165) is 19.6 Å². The number of nitrogens with zero attached hydrogens (tertiary/aromatic N) is 3. The van der Waals surface area contributed by atoms with Gasteiger partial charge in [0.1, 0.15) is 0 Å². The predicted octanol–water partition coefficient (Wildman–Crippen LogP) is 3.29. The first-order chi connectivity index (χ1) is 11.7. The van der Waals surface area contributed by atoms with Crippen LogP contribution in [0, 0.1) is 5.92 Å². The number of aromatic nitrogens is 2. The highest BCUT2D eigenvalue weighted by Crippen LogP contribution is 2.14. The summed E-state index contributed by atoms with van der Waals surface area (Å²) in [6.07, 6.45) is 6.41. The number of benzene rings is 1. The van der Waals surface area contributed by atoms with Crippen molar-refractivity contribution in [2.75, 3.05) is 13.1 Å². The van der Waals surface area contributed by atoms with E-state index in [2.05, 4.69) is 63.9 Å². The SMILES string of the molecule is CC(C)Cn1cncc1CNC1CCN(Cc2ccccc2)CC1. The molecule has 24 heavy (non-hydrogen) atoms. The molecule has 1 aromatic heterocycles. The van der Waals surface area contributed by atoms with Gasteiger partial charge in [0.2, 0.25) is 0 Å². The van der Waals surface area contributed by atoms with Gasteiger partial charge < -0.3 is 9.88 Å². The fourth-order valence-electron chi connectivity index (χ4n) is 3.44. The number of likely N-dealkylation sites (tertiary alicyclic amines) is 1. The number of piperidine rings is 1. The molecule has 2 heterocycles. The van der Waals surface area contributed by atoms with Gasteiger partial charge in [0.05, 0.1) is 12.0 Å². The van der Waals surface area contributed by atoms with E-state index in [1.54, 1.807) is 0 Å². The Morgan fingerprint density at radius 3 is 2.62 bits per heavy atom. The molecule has 0 radical (unpaired) electrons. The molecule has 1 aromatic carbocycles. The number of hydrogen-bond donors (Lipinski definition) is 1. The molecule has 2 aromatic rings. The normalized spacial score (nSPS) is 16.8. The van der Waals surface area contributed by atoms with Crippen LogP contribution in [0.1, 0.15) is 37.9 Å². The first-order valence-corrected chi connectivity index (χ1v) is 9.19. The standard InChI is InChI=1S/C20H30N4/c1-17(2)14-24-16-21-12-20(24)13-22-19-8-10-23(11-9-19)15-18-6-4-3-5-7-18/h3-7,12,16-17,19,22H,8-11,13-15H2,1-2H3. The van der Waals surface area contributed by atoms with E-state index in [9.17, 15) is 0 Å². The third-order valence-electron chi connectivity index (χ3n) is 4.77. The van der Waals surface area contributed by atoms with Crippen molar-refractivity contribution < 1.29 is 0 Å². The van der Waals surface area contributed by atoms with E-state index in [0.29, 0.717) is 12.0 Å². The number of hydrogen-bond acceptors (Lipinski definition) is 3. The van der Waals surface area contributed by atoms with Crippen LogP contribution in [-0.2, 0) is 19.6 Å². The van der Waals surface area contributed by atoms with Crippen molar-refractivity contribution in [1.82, 2.24) is 19.8 Å². The number of rotatable bonds is 7. The minimum Gasteiger partial charge on any atom is -0.333 e. The lowest BCUT2D eigenvalue weighted by Gasteiger charge is -2.32. The van der Waals surface area contributed by atoms with Crippen molar-refractivity contribution in [3.63, 3.8) is 0 Å². The van der Waals surface area contributed by atoms with Crippen LogP contribution in [0.5, 0.6) is 0 Å². The Hall–Kier alpha value is -1.65. The zero-order valence-corrected chi connectivity index (χ0v) is 15.0. The van der Waals surface area contributed by atoms with Gasteiger partial charge in [-0.15, -0.1) is 0 Å². The Bertz CT molecular complexity index is 597. The lowest BCUT2D eigenvalue weighted by molar-refractivity contribution is 0.189. The van der Waals surface area contributed by atoms with E-state index >= 15 is 0 Å². The molecular weight excluding hydrogens is 296 g/mol.